The largest absolute Gasteiger partial charge is 0.496 e. The highest BCUT2D eigenvalue weighted by Crippen LogP contribution is 2.28. The molecule has 0 unspecified atom stereocenters. The minimum atomic E-state index is -1.04. The van der Waals surface area contributed by atoms with Crippen molar-refractivity contribution in [2.24, 2.45) is 0 Å². The Hall–Kier alpha value is -2.10. The van der Waals surface area contributed by atoms with E-state index in [0.717, 1.165) is 0 Å². The smallest absolute Gasteiger partial charge is 0.335 e. The third kappa shape index (κ3) is 1.69. The second-order valence-electron chi connectivity index (χ2n) is 3.35. The molecule has 0 heterocycles. The van der Waals surface area contributed by atoms with E-state index in [0.29, 0.717) is 16.5 Å². The zero-order valence-corrected chi connectivity index (χ0v) is 8.53. The molecule has 0 saturated carbocycles. The number of fused-ring (bicyclic) bond motifs is 1. The fourth-order valence-electron chi connectivity index (χ4n) is 1.59. The average Bonchev–Trinajstić information content (AvgIpc) is 2.27. The first kappa shape index (κ1) is 10.4. The lowest BCUT2D eigenvalue weighted by molar-refractivity contribution is 0.0696. The van der Waals surface area contributed by atoms with E-state index in [4.69, 9.17) is 9.84 Å². The third-order valence-corrected chi connectivity index (χ3v) is 2.35. The summed E-state index contributed by atoms with van der Waals surface area (Å²) in [5.74, 6) is -1.06. The molecule has 0 bridgehead atoms. The zero-order chi connectivity index (χ0) is 11.7. The van der Waals surface area contributed by atoms with Crippen molar-refractivity contribution in [3.05, 3.63) is 41.7 Å². The Labute approximate surface area is 91.1 Å². The van der Waals surface area contributed by atoms with Crippen LogP contribution in [0.2, 0.25) is 0 Å². The molecule has 2 aromatic carbocycles. The van der Waals surface area contributed by atoms with Crippen LogP contribution in [0.1, 0.15) is 10.4 Å². The number of ether oxygens (including phenoxy) is 1. The van der Waals surface area contributed by atoms with Gasteiger partial charge in [0.25, 0.3) is 0 Å². The van der Waals surface area contributed by atoms with Gasteiger partial charge in [0, 0.05) is 5.39 Å². The van der Waals surface area contributed by atoms with Gasteiger partial charge in [0.05, 0.1) is 12.7 Å². The molecule has 0 aromatic heterocycles. The minimum Gasteiger partial charge on any atom is -0.496 e. The maximum absolute atomic E-state index is 13.0. The van der Waals surface area contributed by atoms with Gasteiger partial charge >= 0.3 is 5.97 Å². The highest BCUT2D eigenvalue weighted by molar-refractivity contribution is 5.97. The van der Waals surface area contributed by atoms with Crippen LogP contribution in [0.3, 0.4) is 0 Å². The fraction of sp³-hybridized carbons (Fsp3) is 0.0833. The number of carboxylic acids is 1. The van der Waals surface area contributed by atoms with Crippen molar-refractivity contribution in [2.75, 3.05) is 7.11 Å². The van der Waals surface area contributed by atoms with E-state index in [9.17, 15) is 9.18 Å². The lowest BCUT2D eigenvalue weighted by atomic mass is 10.1. The molecule has 0 aliphatic rings. The van der Waals surface area contributed by atoms with Crippen LogP contribution < -0.4 is 4.74 Å². The molecule has 0 amide bonds. The summed E-state index contributed by atoms with van der Waals surface area (Å²) in [6.07, 6.45) is 0. The normalized spacial score (nSPS) is 10.4. The molecule has 0 spiro atoms. The van der Waals surface area contributed by atoms with Crippen molar-refractivity contribution in [3.63, 3.8) is 0 Å². The van der Waals surface area contributed by atoms with Crippen molar-refractivity contribution >= 4 is 16.7 Å². The second kappa shape index (κ2) is 3.81. The van der Waals surface area contributed by atoms with Gasteiger partial charge in [0.15, 0.2) is 0 Å². The maximum atomic E-state index is 13.0. The number of halogens is 1. The lowest BCUT2D eigenvalue weighted by Crippen LogP contribution is -1.97. The molecule has 0 aliphatic carbocycles. The van der Waals surface area contributed by atoms with Gasteiger partial charge in [-0.05, 0) is 29.7 Å². The minimum absolute atomic E-state index is 0.121. The molecule has 2 rings (SSSR count). The van der Waals surface area contributed by atoms with E-state index < -0.39 is 5.97 Å². The average molecular weight is 220 g/mol. The van der Waals surface area contributed by atoms with Crippen molar-refractivity contribution in [1.82, 2.24) is 0 Å². The molecule has 3 nitrogen and oxygen atoms in total. The summed E-state index contributed by atoms with van der Waals surface area (Å²) >= 11 is 0. The number of aromatic carboxylic acids is 1. The molecule has 82 valence electrons. The molecular formula is C12H9FO3. The first-order chi connectivity index (χ1) is 7.61. The van der Waals surface area contributed by atoms with E-state index in [2.05, 4.69) is 0 Å². The van der Waals surface area contributed by atoms with Crippen LogP contribution in [0.4, 0.5) is 4.39 Å². The molecule has 16 heavy (non-hydrogen) atoms. The quantitative estimate of drug-likeness (QED) is 0.846. The topological polar surface area (TPSA) is 46.5 Å². The number of methoxy groups -OCH3 is 1. The molecule has 4 heteroatoms. The number of hydrogen-bond acceptors (Lipinski definition) is 2. The van der Waals surface area contributed by atoms with Crippen LogP contribution in [0.15, 0.2) is 30.3 Å². The lowest BCUT2D eigenvalue weighted by Gasteiger charge is -2.07. The van der Waals surface area contributed by atoms with Crippen LogP contribution in [0, 0.1) is 5.82 Å². The number of benzene rings is 2. The summed E-state index contributed by atoms with van der Waals surface area (Å²) < 4.78 is 18.1. The van der Waals surface area contributed by atoms with E-state index in [1.165, 1.54) is 37.4 Å². The highest BCUT2D eigenvalue weighted by atomic mass is 19.1. The number of carbonyl (C=O) groups is 1. The van der Waals surface area contributed by atoms with Gasteiger partial charge in [-0.15, -0.1) is 0 Å². The maximum Gasteiger partial charge on any atom is 0.335 e. The van der Waals surface area contributed by atoms with Crippen molar-refractivity contribution in [3.8, 4) is 5.75 Å². The zero-order valence-electron chi connectivity index (χ0n) is 8.53. The Balaban J connectivity index is 2.78. The molecular weight excluding hydrogens is 211 g/mol. The van der Waals surface area contributed by atoms with Crippen molar-refractivity contribution in [2.45, 2.75) is 0 Å². The predicted molar refractivity (Wildman–Crippen MR) is 57.4 cm³/mol. The molecule has 0 saturated heterocycles. The van der Waals surface area contributed by atoms with Gasteiger partial charge < -0.3 is 9.84 Å². The molecule has 0 atom stereocenters. The number of rotatable bonds is 2. The van der Waals surface area contributed by atoms with Gasteiger partial charge in [-0.1, -0.05) is 6.07 Å². The second-order valence-corrected chi connectivity index (χ2v) is 3.35. The first-order valence-electron chi connectivity index (χ1n) is 4.62. The standard InChI is InChI=1S/C12H9FO3/c1-16-11-5-8(12(14)15)4-7-2-3-9(13)6-10(7)11/h2-6H,1H3,(H,14,15). The van der Waals surface area contributed by atoms with Crippen LogP contribution in [-0.4, -0.2) is 18.2 Å². The third-order valence-electron chi connectivity index (χ3n) is 2.35. The molecule has 2 aromatic rings. The molecule has 0 aliphatic heterocycles. The monoisotopic (exact) mass is 220 g/mol. The summed E-state index contributed by atoms with van der Waals surface area (Å²) in [6.45, 7) is 0. The Kier molecular flexibility index (Phi) is 2.48. The Morgan fingerprint density at radius 3 is 2.69 bits per heavy atom. The van der Waals surface area contributed by atoms with Crippen molar-refractivity contribution < 1.29 is 19.0 Å². The number of hydrogen-bond donors (Lipinski definition) is 1. The fourth-order valence-corrected chi connectivity index (χ4v) is 1.59. The number of carboxylic acid groups (broad SMARTS) is 1. The summed E-state index contributed by atoms with van der Waals surface area (Å²) in [5.41, 5.74) is 0.121. The summed E-state index contributed by atoms with van der Waals surface area (Å²) in [7, 11) is 1.42. The van der Waals surface area contributed by atoms with Crippen molar-refractivity contribution in [1.29, 1.82) is 0 Å². The first-order valence-corrected chi connectivity index (χ1v) is 4.62. The molecule has 0 fully saturated rings. The Morgan fingerprint density at radius 1 is 1.31 bits per heavy atom. The van der Waals surface area contributed by atoms with Gasteiger partial charge in [-0.2, -0.15) is 0 Å². The van der Waals surface area contributed by atoms with Crippen LogP contribution in [0.25, 0.3) is 10.8 Å². The summed E-state index contributed by atoms with van der Waals surface area (Å²) in [6, 6.07) is 7.00. The Morgan fingerprint density at radius 2 is 2.06 bits per heavy atom. The van der Waals surface area contributed by atoms with E-state index in [1.807, 2.05) is 0 Å². The van der Waals surface area contributed by atoms with Gasteiger partial charge in [0.2, 0.25) is 0 Å². The SMILES string of the molecule is COc1cc(C(=O)O)cc2ccc(F)cc12. The van der Waals surface area contributed by atoms with E-state index in [-0.39, 0.29) is 11.4 Å². The van der Waals surface area contributed by atoms with Gasteiger partial charge in [0.1, 0.15) is 11.6 Å². The predicted octanol–water partition coefficient (Wildman–Crippen LogP) is 2.69. The van der Waals surface area contributed by atoms with Crippen LogP contribution in [0.5, 0.6) is 5.75 Å². The molecule has 0 radical (unpaired) electrons. The molecule has 1 N–H and O–H groups in total. The summed E-state index contributed by atoms with van der Waals surface area (Å²) in [4.78, 5) is 10.9. The van der Waals surface area contributed by atoms with E-state index >= 15 is 0 Å². The van der Waals surface area contributed by atoms with Gasteiger partial charge in [-0.25, -0.2) is 9.18 Å². The van der Waals surface area contributed by atoms with Crippen LogP contribution >= 0.6 is 0 Å². The Bertz CT molecular complexity index is 563. The van der Waals surface area contributed by atoms with E-state index in [1.54, 1.807) is 0 Å². The highest BCUT2D eigenvalue weighted by Gasteiger charge is 2.09. The van der Waals surface area contributed by atoms with Gasteiger partial charge in [-0.3, -0.25) is 0 Å². The summed E-state index contributed by atoms with van der Waals surface area (Å²) in [5, 5.41) is 10.1. The van der Waals surface area contributed by atoms with Crippen LogP contribution in [-0.2, 0) is 0 Å².